The normalized spacial score (nSPS) is 12.5. The van der Waals surface area contributed by atoms with Gasteiger partial charge in [0.05, 0.1) is 18.3 Å². The van der Waals surface area contributed by atoms with E-state index in [1.54, 1.807) is 13.0 Å². The molecule has 13 heavy (non-hydrogen) atoms. The van der Waals surface area contributed by atoms with E-state index in [0.717, 1.165) is 5.69 Å². The number of rotatable bonds is 3. The van der Waals surface area contributed by atoms with E-state index in [1.807, 2.05) is 6.92 Å². The van der Waals surface area contributed by atoms with Crippen molar-refractivity contribution in [3.63, 3.8) is 0 Å². The number of amides is 1. The molecule has 1 aromatic heterocycles. The monoisotopic (exact) mass is 183 g/mol. The molecular formula is C8H13N3O2. The summed E-state index contributed by atoms with van der Waals surface area (Å²) < 4.78 is 4.89. The lowest BCUT2D eigenvalue weighted by atomic mass is 10.3. The predicted octanol–water partition coefficient (Wildman–Crippen LogP) is -0.0536. The van der Waals surface area contributed by atoms with Gasteiger partial charge in [-0.2, -0.15) is 0 Å². The van der Waals surface area contributed by atoms with Crippen LogP contribution >= 0.6 is 0 Å². The van der Waals surface area contributed by atoms with Crippen LogP contribution in [0.3, 0.4) is 0 Å². The van der Waals surface area contributed by atoms with Gasteiger partial charge in [0.25, 0.3) is 0 Å². The van der Waals surface area contributed by atoms with Gasteiger partial charge in [0, 0.05) is 6.07 Å². The molecule has 1 amide bonds. The Balaban J connectivity index is 2.39. The lowest BCUT2D eigenvalue weighted by Crippen LogP contribution is -2.37. The van der Waals surface area contributed by atoms with E-state index in [4.69, 9.17) is 10.3 Å². The van der Waals surface area contributed by atoms with Crippen molar-refractivity contribution in [1.82, 2.24) is 10.5 Å². The Morgan fingerprint density at radius 3 is 3.00 bits per heavy atom. The Morgan fingerprint density at radius 1 is 1.85 bits per heavy atom. The Morgan fingerprint density at radius 2 is 2.54 bits per heavy atom. The molecule has 1 unspecified atom stereocenters. The summed E-state index contributed by atoms with van der Waals surface area (Å²) in [4.78, 5) is 11.0. The lowest BCUT2D eigenvalue weighted by molar-refractivity contribution is -0.122. The molecular weight excluding hydrogens is 170 g/mol. The summed E-state index contributed by atoms with van der Waals surface area (Å²) in [5.41, 5.74) is 6.14. The molecule has 5 nitrogen and oxygen atoms in total. The van der Waals surface area contributed by atoms with Crippen LogP contribution in [0.1, 0.15) is 18.4 Å². The van der Waals surface area contributed by atoms with Crippen molar-refractivity contribution in [3.05, 3.63) is 17.5 Å². The fraction of sp³-hybridized carbons (Fsp3) is 0.500. The van der Waals surface area contributed by atoms with Crippen molar-refractivity contribution in [2.75, 3.05) is 0 Å². The van der Waals surface area contributed by atoms with Crippen LogP contribution in [0, 0.1) is 6.92 Å². The molecule has 0 spiro atoms. The van der Waals surface area contributed by atoms with Gasteiger partial charge in [0.15, 0.2) is 5.76 Å². The molecule has 0 radical (unpaired) electrons. The fourth-order valence-electron chi connectivity index (χ4n) is 0.835. The van der Waals surface area contributed by atoms with Crippen LogP contribution in [0.4, 0.5) is 0 Å². The Bertz CT molecular complexity index is 293. The zero-order chi connectivity index (χ0) is 9.84. The standard InChI is InChI=1S/C8H13N3O2/c1-5-3-7(13-11-5)4-10-8(12)6(2)9/h3,6H,4,9H2,1-2H3,(H,10,12). The molecule has 0 aliphatic rings. The minimum atomic E-state index is -0.496. The first kappa shape index (κ1) is 9.73. The number of nitrogens with one attached hydrogen (secondary N) is 1. The van der Waals surface area contributed by atoms with Crippen LogP contribution in [0.15, 0.2) is 10.6 Å². The average molecular weight is 183 g/mol. The van der Waals surface area contributed by atoms with Crippen LogP contribution in [0.25, 0.3) is 0 Å². The third-order valence-corrected chi connectivity index (χ3v) is 1.53. The molecule has 0 fully saturated rings. The van der Waals surface area contributed by atoms with Gasteiger partial charge in [-0.25, -0.2) is 0 Å². The molecule has 1 rings (SSSR count). The summed E-state index contributed by atoms with van der Waals surface area (Å²) in [5.74, 6) is 0.431. The van der Waals surface area contributed by atoms with Crippen LogP contribution < -0.4 is 11.1 Å². The van der Waals surface area contributed by atoms with Crippen molar-refractivity contribution in [2.24, 2.45) is 5.73 Å². The summed E-state index contributed by atoms with van der Waals surface area (Å²) in [5, 5.41) is 6.30. The number of aryl methyl sites for hydroxylation is 1. The minimum Gasteiger partial charge on any atom is -0.359 e. The van der Waals surface area contributed by atoms with E-state index in [1.165, 1.54) is 0 Å². The average Bonchev–Trinajstić information content (AvgIpc) is 2.47. The number of carbonyl (C=O) groups is 1. The van der Waals surface area contributed by atoms with Gasteiger partial charge in [-0.05, 0) is 13.8 Å². The van der Waals surface area contributed by atoms with Crippen molar-refractivity contribution in [1.29, 1.82) is 0 Å². The molecule has 0 aliphatic heterocycles. The topological polar surface area (TPSA) is 81.2 Å². The number of hydrogen-bond donors (Lipinski definition) is 2. The maximum atomic E-state index is 11.0. The van der Waals surface area contributed by atoms with E-state index in [2.05, 4.69) is 10.5 Å². The van der Waals surface area contributed by atoms with E-state index >= 15 is 0 Å². The molecule has 1 aromatic rings. The van der Waals surface area contributed by atoms with Crippen molar-refractivity contribution >= 4 is 5.91 Å². The van der Waals surface area contributed by atoms with E-state index in [9.17, 15) is 4.79 Å². The Labute approximate surface area is 76.3 Å². The third-order valence-electron chi connectivity index (χ3n) is 1.53. The predicted molar refractivity (Wildman–Crippen MR) is 46.7 cm³/mol. The maximum absolute atomic E-state index is 11.0. The van der Waals surface area contributed by atoms with Crippen LogP contribution in [-0.4, -0.2) is 17.1 Å². The van der Waals surface area contributed by atoms with Crippen LogP contribution in [0.5, 0.6) is 0 Å². The SMILES string of the molecule is Cc1cc(CNC(=O)C(C)N)on1. The molecule has 0 saturated heterocycles. The van der Waals surface area contributed by atoms with Crippen molar-refractivity contribution < 1.29 is 9.32 Å². The second-order valence-corrected chi connectivity index (χ2v) is 2.94. The lowest BCUT2D eigenvalue weighted by Gasteiger charge is -2.04. The van der Waals surface area contributed by atoms with Gasteiger partial charge in [-0.3, -0.25) is 4.79 Å². The smallest absolute Gasteiger partial charge is 0.237 e. The molecule has 5 heteroatoms. The van der Waals surface area contributed by atoms with E-state index < -0.39 is 6.04 Å². The quantitative estimate of drug-likeness (QED) is 0.688. The Hall–Kier alpha value is -1.36. The number of nitrogens with two attached hydrogens (primary N) is 1. The van der Waals surface area contributed by atoms with Gasteiger partial charge >= 0.3 is 0 Å². The highest BCUT2D eigenvalue weighted by atomic mass is 16.5. The molecule has 0 aliphatic carbocycles. The summed E-state index contributed by atoms with van der Waals surface area (Å²) in [6, 6.07) is 1.27. The van der Waals surface area contributed by atoms with Crippen molar-refractivity contribution in [2.45, 2.75) is 26.4 Å². The van der Waals surface area contributed by atoms with Gasteiger partial charge in [-0.1, -0.05) is 5.16 Å². The fourth-order valence-corrected chi connectivity index (χ4v) is 0.835. The highest BCUT2D eigenvalue weighted by Crippen LogP contribution is 2.00. The number of hydrogen-bond acceptors (Lipinski definition) is 4. The minimum absolute atomic E-state index is 0.200. The van der Waals surface area contributed by atoms with E-state index in [0.29, 0.717) is 12.3 Å². The first-order valence-electron chi connectivity index (χ1n) is 4.05. The van der Waals surface area contributed by atoms with E-state index in [-0.39, 0.29) is 5.91 Å². The zero-order valence-corrected chi connectivity index (χ0v) is 7.70. The summed E-state index contributed by atoms with van der Waals surface area (Å²) in [7, 11) is 0. The number of nitrogens with zero attached hydrogens (tertiary/aromatic N) is 1. The molecule has 72 valence electrons. The number of carbonyl (C=O) groups excluding carboxylic acids is 1. The molecule has 0 aromatic carbocycles. The second kappa shape index (κ2) is 4.04. The van der Waals surface area contributed by atoms with Gasteiger partial charge in [0.1, 0.15) is 0 Å². The van der Waals surface area contributed by atoms with Gasteiger partial charge < -0.3 is 15.6 Å². The first-order chi connectivity index (χ1) is 6.09. The summed E-state index contributed by atoms with van der Waals surface area (Å²) in [6.45, 7) is 3.78. The molecule has 1 atom stereocenters. The first-order valence-corrected chi connectivity index (χ1v) is 4.05. The molecule has 3 N–H and O–H groups in total. The van der Waals surface area contributed by atoms with Crippen LogP contribution in [0.2, 0.25) is 0 Å². The van der Waals surface area contributed by atoms with Crippen LogP contribution in [-0.2, 0) is 11.3 Å². The second-order valence-electron chi connectivity index (χ2n) is 2.94. The molecule has 1 heterocycles. The molecule has 0 saturated carbocycles. The van der Waals surface area contributed by atoms with Gasteiger partial charge in [-0.15, -0.1) is 0 Å². The third kappa shape index (κ3) is 2.87. The summed E-state index contributed by atoms with van der Waals surface area (Å²) >= 11 is 0. The maximum Gasteiger partial charge on any atom is 0.237 e. The highest BCUT2D eigenvalue weighted by molar-refractivity contribution is 5.80. The summed E-state index contributed by atoms with van der Waals surface area (Å²) in [6.07, 6.45) is 0. The zero-order valence-electron chi connectivity index (χ0n) is 7.70. The van der Waals surface area contributed by atoms with Gasteiger partial charge in [0.2, 0.25) is 5.91 Å². The number of aromatic nitrogens is 1. The largest absolute Gasteiger partial charge is 0.359 e. The van der Waals surface area contributed by atoms with Crippen molar-refractivity contribution in [3.8, 4) is 0 Å². The molecule has 0 bridgehead atoms. The highest BCUT2D eigenvalue weighted by Gasteiger charge is 2.07. The Kier molecular flexibility index (Phi) is 3.02.